The summed E-state index contributed by atoms with van der Waals surface area (Å²) < 4.78 is 0.745. The van der Waals surface area contributed by atoms with E-state index >= 15 is 0 Å². The van der Waals surface area contributed by atoms with E-state index in [1.165, 1.54) is 0 Å². The average molecular weight is 387 g/mol. The molecule has 0 aliphatic heterocycles. The summed E-state index contributed by atoms with van der Waals surface area (Å²) >= 11 is 3.27. The Hall–Kier alpha value is -3.00. The Morgan fingerprint density at radius 3 is 2.42 bits per heavy atom. The predicted molar refractivity (Wildman–Crippen MR) is 91.4 cm³/mol. The van der Waals surface area contributed by atoms with Crippen LogP contribution in [0.3, 0.4) is 0 Å². The van der Waals surface area contributed by atoms with Crippen molar-refractivity contribution >= 4 is 38.5 Å². The van der Waals surface area contributed by atoms with Crippen LogP contribution in [0.1, 0.15) is 20.8 Å². The van der Waals surface area contributed by atoms with Gasteiger partial charge in [-0.05, 0) is 24.3 Å². The van der Waals surface area contributed by atoms with Crippen molar-refractivity contribution in [2.45, 2.75) is 0 Å². The van der Waals surface area contributed by atoms with E-state index in [1.807, 2.05) is 0 Å². The van der Waals surface area contributed by atoms with Gasteiger partial charge < -0.3 is 0 Å². The standard InChI is InChI=1S/C16H11BrN4O3/c17-10-5-3-4-9(8-10)14(22)19-21-16(24)13-11-6-1-2-7-12(11)15(23)20-18-13/h1-8H,(H,19,22)(H,20,23)(H,21,24). The van der Waals surface area contributed by atoms with E-state index in [0.29, 0.717) is 16.3 Å². The number of hydrogen-bond acceptors (Lipinski definition) is 4. The van der Waals surface area contributed by atoms with Crippen LogP contribution in [0.15, 0.2) is 57.8 Å². The number of nitrogens with one attached hydrogen (secondary N) is 3. The van der Waals surface area contributed by atoms with Crippen LogP contribution in [0, 0.1) is 0 Å². The maximum Gasteiger partial charge on any atom is 0.290 e. The fraction of sp³-hybridized carbons (Fsp3) is 0. The van der Waals surface area contributed by atoms with Crippen LogP contribution in [0.4, 0.5) is 0 Å². The molecule has 120 valence electrons. The molecule has 0 aliphatic rings. The largest absolute Gasteiger partial charge is 0.290 e. The molecule has 1 aromatic heterocycles. The highest BCUT2D eigenvalue weighted by Crippen LogP contribution is 2.12. The minimum Gasteiger partial charge on any atom is -0.267 e. The van der Waals surface area contributed by atoms with Crippen LogP contribution in [0.2, 0.25) is 0 Å². The molecule has 7 nitrogen and oxygen atoms in total. The molecule has 24 heavy (non-hydrogen) atoms. The molecule has 0 aliphatic carbocycles. The fourth-order valence-electron chi connectivity index (χ4n) is 2.16. The third-order valence-electron chi connectivity index (χ3n) is 3.29. The zero-order valence-corrected chi connectivity index (χ0v) is 13.8. The Labute approximate surface area is 144 Å². The summed E-state index contributed by atoms with van der Waals surface area (Å²) in [6.45, 7) is 0. The quantitative estimate of drug-likeness (QED) is 0.583. The first-order chi connectivity index (χ1) is 11.6. The second kappa shape index (κ2) is 6.63. The number of amides is 2. The first-order valence-corrected chi connectivity index (χ1v) is 7.69. The molecular formula is C16H11BrN4O3. The van der Waals surface area contributed by atoms with Gasteiger partial charge in [-0.15, -0.1) is 0 Å². The smallest absolute Gasteiger partial charge is 0.267 e. The number of hydrogen-bond donors (Lipinski definition) is 3. The van der Waals surface area contributed by atoms with Gasteiger partial charge in [-0.2, -0.15) is 5.10 Å². The van der Waals surface area contributed by atoms with Gasteiger partial charge in [-0.3, -0.25) is 25.2 Å². The lowest BCUT2D eigenvalue weighted by Gasteiger charge is -2.08. The first-order valence-electron chi connectivity index (χ1n) is 6.90. The molecule has 0 radical (unpaired) electrons. The van der Waals surface area contributed by atoms with Crippen molar-refractivity contribution in [1.82, 2.24) is 21.0 Å². The highest BCUT2D eigenvalue weighted by molar-refractivity contribution is 9.10. The van der Waals surface area contributed by atoms with Gasteiger partial charge in [0.05, 0.1) is 5.39 Å². The Balaban J connectivity index is 1.80. The molecule has 3 N–H and O–H groups in total. The van der Waals surface area contributed by atoms with Crippen LogP contribution in [-0.4, -0.2) is 22.0 Å². The zero-order valence-electron chi connectivity index (χ0n) is 12.2. The van der Waals surface area contributed by atoms with E-state index in [0.717, 1.165) is 4.47 Å². The Morgan fingerprint density at radius 1 is 0.958 bits per heavy atom. The number of aromatic nitrogens is 2. The molecule has 0 saturated heterocycles. The topological polar surface area (TPSA) is 104 Å². The maximum atomic E-state index is 12.3. The van der Waals surface area contributed by atoms with Gasteiger partial charge in [0.1, 0.15) is 0 Å². The summed E-state index contributed by atoms with van der Waals surface area (Å²) in [4.78, 5) is 36.0. The number of H-pyrrole nitrogens is 1. The second-order valence-corrected chi connectivity index (χ2v) is 5.78. The summed E-state index contributed by atoms with van der Waals surface area (Å²) in [6.07, 6.45) is 0. The Bertz CT molecular complexity index is 1000. The molecule has 8 heteroatoms. The van der Waals surface area contributed by atoms with Crippen LogP contribution >= 0.6 is 15.9 Å². The van der Waals surface area contributed by atoms with Gasteiger partial charge in [0, 0.05) is 15.4 Å². The van der Waals surface area contributed by atoms with Gasteiger partial charge in [0.2, 0.25) is 0 Å². The summed E-state index contributed by atoms with van der Waals surface area (Å²) in [7, 11) is 0. The molecule has 3 aromatic rings. The summed E-state index contributed by atoms with van der Waals surface area (Å²) in [6, 6.07) is 13.3. The van der Waals surface area contributed by atoms with Gasteiger partial charge in [0.25, 0.3) is 17.4 Å². The number of carbonyl (C=O) groups is 2. The third kappa shape index (κ3) is 3.18. The number of rotatable bonds is 2. The van der Waals surface area contributed by atoms with Gasteiger partial charge in [0.15, 0.2) is 5.69 Å². The highest BCUT2D eigenvalue weighted by Gasteiger charge is 2.15. The minimum atomic E-state index is -0.634. The van der Waals surface area contributed by atoms with Crippen molar-refractivity contribution in [3.8, 4) is 0 Å². The Kier molecular flexibility index (Phi) is 4.39. The summed E-state index contributed by atoms with van der Waals surface area (Å²) in [5.41, 5.74) is 4.61. The summed E-state index contributed by atoms with van der Waals surface area (Å²) in [5.74, 6) is -1.11. The van der Waals surface area contributed by atoms with E-state index in [1.54, 1.807) is 48.5 Å². The maximum absolute atomic E-state index is 12.3. The lowest BCUT2D eigenvalue weighted by Crippen LogP contribution is -2.42. The van der Waals surface area contributed by atoms with E-state index in [-0.39, 0.29) is 11.3 Å². The predicted octanol–water partition coefficient (Wildman–Crippen LogP) is 1.76. The molecule has 0 fully saturated rings. The number of aromatic amines is 1. The lowest BCUT2D eigenvalue weighted by atomic mass is 10.1. The molecule has 1 heterocycles. The number of benzene rings is 2. The van der Waals surface area contributed by atoms with E-state index in [2.05, 4.69) is 37.0 Å². The minimum absolute atomic E-state index is 0.0137. The number of nitrogens with zero attached hydrogens (tertiary/aromatic N) is 1. The molecule has 0 saturated carbocycles. The number of carbonyl (C=O) groups excluding carboxylic acids is 2. The molecule has 0 bridgehead atoms. The van der Waals surface area contributed by atoms with Crippen molar-refractivity contribution in [3.05, 3.63) is 74.6 Å². The molecule has 0 atom stereocenters. The van der Waals surface area contributed by atoms with Crippen molar-refractivity contribution in [2.75, 3.05) is 0 Å². The fourth-order valence-corrected chi connectivity index (χ4v) is 2.56. The molecular weight excluding hydrogens is 376 g/mol. The van der Waals surface area contributed by atoms with Gasteiger partial charge in [-0.1, -0.05) is 40.2 Å². The van der Waals surface area contributed by atoms with E-state index < -0.39 is 11.8 Å². The Morgan fingerprint density at radius 2 is 1.67 bits per heavy atom. The van der Waals surface area contributed by atoms with Crippen molar-refractivity contribution < 1.29 is 9.59 Å². The van der Waals surface area contributed by atoms with Crippen LogP contribution < -0.4 is 16.4 Å². The number of hydrazine groups is 1. The SMILES string of the molecule is O=C(NNC(=O)c1n[nH]c(=O)c2ccccc12)c1cccc(Br)c1. The van der Waals surface area contributed by atoms with E-state index in [9.17, 15) is 14.4 Å². The van der Waals surface area contributed by atoms with Gasteiger partial charge in [-0.25, -0.2) is 5.10 Å². The van der Waals surface area contributed by atoms with E-state index in [4.69, 9.17) is 0 Å². The molecule has 2 aromatic carbocycles. The van der Waals surface area contributed by atoms with Crippen LogP contribution in [0.5, 0.6) is 0 Å². The van der Waals surface area contributed by atoms with Crippen molar-refractivity contribution in [3.63, 3.8) is 0 Å². The monoisotopic (exact) mass is 386 g/mol. The van der Waals surface area contributed by atoms with Gasteiger partial charge >= 0.3 is 0 Å². The number of halogens is 1. The molecule has 2 amide bonds. The van der Waals surface area contributed by atoms with Crippen LogP contribution in [-0.2, 0) is 0 Å². The normalized spacial score (nSPS) is 10.4. The van der Waals surface area contributed by atoms with Crippen LogP contribution in [0.25, 0.3) is 10.8 Å². The zero-order chi connectivity index (χ0) is 17.1. The molecule has 0 unspecified atom stereocenters. The second-order valence-electron chi connectivity index (χ2n) is 4.87. The third-order valence-corrected chi connectivity index (χ3v) is 3.78. The highest BCUT2D eigenvalue weighted by atomic mass is 79.9. The molecule has 0 spiro atoms. The van der Waals surface area contributed by atoms with Crippen molar-refractivity contribution in [2.24, 2.45) is 0 Å². The summed E-state index contributed by atoms with van der Waals surface area (Å²) in [5, 5.41) is 6.77. The lowest BCUT2D eigenvalue weighted by molar-refractivity contribution is 0.0844. The first kappa shape index (κ1) is 15.9. The average Bonchev–Trinajstić information content (AvgIpc) is 2.60. The molecule has 3 rings (SSSR count). The van der Waals surface area contributed by atoms with Crippen molar-refractivity contribution in [1.29, 1.82) is 0 Å². The number of fused-ring (bicyclic) bond motifs is 1.